The molecule has 2 aromatic rings. The molecule has 1 atom stereocenters. The summed E-state index contributed by atoms with van der Waals surface area (Å²) in [5.41, 5.74) is 0.743. The molecule has 6 heteroatoms. The van der Waals surface area contributed by atoms with Gasteiger partial charge in [0.1, 0.15) is 36.6 Å². The first-order chi connectivity index (χ1) is 11.5. The Hall–Kier alpha value is -3.04. The number of ether oxygens (including phenoxy) is 2. The number of benzene rings is 2. The molecule has 0 aliphatic heterocycles. The fourth-order valence-electron chi connectivity index (χ4n) is 1.96. The van der Waals surface area contributed by atoms with Crippen molar-refractivity contribution in [1.29, 1.82) is 5.26 Å². The van der Waals surface area contributed by atoms with Gasteiger partial charge in [-0.2, -0.15) is 5.26 Å². The van der Waals surface area contributed by atoms with Gasteiger partial charge < -0.3 is 19.7 Å². The van der Waals surface area contributed by atoms with Crippen molar-refractivity contribution >= 4 is 5.78 Å². The van der Waals surface area contributed by atoms with Crippen LogP contribution in [-0.2, 0) is 0 Å². The number of rotatable bonds is 7. The average Bonchev–Trinajstić information content (AvgIpc) is 2.58. The zero-order valence-corrected chi connectivity index (χ0v) is 13.1. The van der Waals surface area contributed by atoms with Gasteiger partial charge in [-0.05, 0) is 43.3 Å². The van der Waals surface area contributed by atoms with Crippen molar-refractivity contribution in [2.75, 3.05) is 13.2 Å². The van der Waals surface area contributed by atoms with Crippen LogP contribution in [0.3, 0.4) is 0 Å². The van der Waals surface area contributed by atoms with E-state index in [4.69, 9.17) is 14.7 Å². The predicted molar refractivity (Wildman–Crippen MR) is 86.3 cm³/mol. The quantitative estimate of drug-likeness (QED) is 0.757. The first kappa shape index (κ1) is 17.3. The van der Waals surface area contributed by atoms with E-state index < -0.39 is 6.10 Å². The third-order valence-corrected chi connectivity index (χ3v) is 3.22. The Labute approximate surface area is 139 Å². The molecule has 2 rings (SSSR count). The van der Waals surface area contributed by atoms with E-state index in [0.717, 1.165) is 0 Å². The van der Waals surface area contributed by atoms with Gasteiger partial charge in [0.05, 0.1) is 17.2 Å². The summed E-state index contributed by atoms with van der Waals surface area (Å²) >= 11 is 0. The number of phenols is 1. The van der Waals surface area contributed by atoms with Crippen molar-refractivity contribution in [2.24, 2.45) is 0 Å². The highest BCUT2D eigenvalue weighted by atomic mass is 16.5. The van der Waals surface area contributed by atoms with E-state index in [9.17, 15) is 15.0 Å². The minimum atomic E-state index is -0.879. The summed E-state index contributed by atoms with van der Waals surface area (Å²) in [6, 6.07) is 12.9. The molecule has 1 unspecified atom stereocenters. The molecule has 0 aliphatic carbocycles. The van der Waals surface area contributed by atoms with Gasteiger partial charge in [0.2, 0.25) is 0 Å². The molecule has 0 radical (unpaired) electrons. The Morgan fingerprint density at radius 2 is 1.71 bits per heavy atom. The van der Waals surface area contributed by atoms with E-state index in [2.05, 4.69) is 0 Å². The topological polar surface area (TPSA) is 99.8 Å². The molecular weight excluding hydrogens is 310 g/mol. The summed E-state index contributed by atoms with van der Waals surface area (Å²) in [6.07, 6.45) is -0.879. The molecule has 0 bridgehead atoms. The van der Waals surface area contributed by atoms with Crippen molar-refractivity contribution in [3.8, 4) is 23.3 Å². The van der Waals surface area contributed by atoms with Crippen LogP contribution in [-0.4, -0.2) is 35.3 Å². The first-order valence-corrected chi connectivity index (χ1v) is 7.27. The monoisotopic (exact) mass is 327 g/mol. The maximum atomic E-state index is 11.2. The Balaban J connectivity index is 1.82. The largest absolute Gasteiger partial charge is 0.507 e. The lowest BCUT2D eigenvalue weighted by Crippen LogP contribution is -2.25. The van der Waals surface area contributed by atoms with Gasteiger partial charge in [-0.25, -0.2) is 0 Å². The summed E-state index contributed by atoms with van der Waals surface area (Å²) in [4.78, 5) is 11.2. The highest BCUT2D eigenvalue weighted by Gasteiger charge is 2.10. The van der Waals surface area contributed by atoms with Crippen molar-refractivity contribution in [2.45, 2.75) is 13.0 Å². The summed E-state index contributed by atoms with van der Waals surface area (Å²) in [5.74, 6) is 0.477. The van der Waals surface area contributed by atoms with Crippen LogP contribution in [0.4, 0.5) is 0 Å². The summed E-state index contributed by atoms with van der Waals surface area (Å²) in [6.45, 7) is 1.35. The number of nitriles is 1. The molecule has 0 amide bonds. The van der Waals surface area contributed by atoms with Gasteiger partial charge in [0, 0.05) is 6.07 Å². The number of hydrogen-bond acceptors (Lipinski definition) is 6. The molecule has 0 heterocycles. The second kappa shape index (κ2) is 7.99. The second-order valence-electron chi connectivity index (χ2n) is 5.15. The van der Waals surface area contributed by atoms with E-state index in [0.29, 0.717) is 17.1 Å². The Morgan fingerprint density at radius 1 is 1.12 bits per heavy atom. The molecule has 6 nitrogen and oxygen atoms in total. The fourth-order valence-corrected chi connectivity index (χ4v) is 1.96. The third-order valence-electron chi connectivity index (χ3n) is 3.22. The average molecular weight is 327 g/mol. The highest BCUT2D eigenvalue weighted by molar-refractivity contribution is 5.96. The molecule has 0 spiro atoms. The molecule has 0 fully saturated rings. The minimum absolute atomic E-state index is 0.0173. The molecule has 2 N–H and O–H groups in total. The molecule has 0 saturated carbocycles. The zero-order chi connectivity index (χ0) is 17.5. The van der Waals surface area contributed by atoms with Crippen molar-refractivity contribution in [3.63, 3.8) is 0 Å². The fraction of sp³-hybridized carbons (Fsp3) is 0.222. The SMILES string of the molecule is CC(=O)c1ccc(OCC(O)COc2ccc(C#N)cc2)cc1O. The molecule has 24 heavy (non-hydrogen) atoms. The molecule has 0 saturated heterocycles. The zero-order valence-electron chi connectivity index (χ0n) is 13.1. The number of phenolic OH excluding ortho intramolecular Hbond substituents is 1. The van der Waals surface area contributed by atoms with Gasteiger partial charge in [-0.15, -0.1) is 0 Å². The van der Waals surface area contributed by atoms with Gasteiger partial charge in [0.15, 0.2) is 5.78 Å². The van der Waals surface area contributed by atoms with Crippen LogP contribution in [0.25, 0.3) is 0 Å². The van der Waals surface area contributed by atoms with Crippen LogP contribution in [0.15, 0.2) is 42.5 Å². The van der Waals surface area contributed by atoms with E-state index >= 15 is 0 Å². The van der Waals surface area contributed by atoms with Crippen LogP contribution in [0.2, 0.25) is 0 Å². The number of hydrogen-bond donors (Lipinski definition) is 2. The number of nitrogens with zero attached hydrogens (tertiary/aromatic N) is 1. The highest BCUT2D eigenvalue weighted by Crippen LogP contribution is 2.24. The smallest absolute Gasteiger partial charge is 0.163 e. The standard InChI is InChI=1S/C18H17NO5/c1-12(20)17-7-6-16(8-18(17)22)24-11-14(21)10-23-15-4-2-13(9-19)3-5-15/h2-8,14,21-22H,10-11H2,1H3. The minimum Gasteiger partial charge on any atom is -0.507 e. The molecular formula is C18H17NO5. The molecule has 2 aromatic carbocycles. The Kier molecular flexibility index (Phi) is 5.77. The third kappa shape index (κ3) is 4.73. The van der Waals surface area contributed by atoms with Crippen molar-refractivity contribution < 1.29 is 24.5 Å². The number of aliphatic hydroxyl groups is 1. The van der Waals surface area contributed by atoms with E-state index in [1.807, 2.05) is 6.07 Å². The van der Waals surface area contributed by atoms with Crippen LogP contribution in [0, 0.1) is 11.3 Å². The molecule has 124 valence electrons. The lowest BCUT2D eigenvalue weighted by Gasteiger charge is -2.14. The van der Waals surface area contributed by atoms with Gasteiger partial charge >= 0.3 is 0 Å². The summed E-state index contributed by atoms with van der Waals surface area (Å²) < 4.78 is 10.8. The van der Waals surface area contributed by atoms with Gasteiger partial charge in [-0.1, -0.05) is 0 Å². The molecule has 0 aliphatic rings. The van der Waals surface area contributed by atoms with Crippen LogP contribution in [0.1, 0.15) is 22.8 Å². The van der Waals surface area contributed by atoms with E-state index in [-0.39, 0.29) is 30.3 Å². The molecule has 0 aromatic heterocycles. The van der Waals surface area contributed by atoms with Crippen LogP contribution >= 0.6 is 0 Å². The van der Waals surface area contributed by atoms with Gasteiger partial charge in [0.25, 0.3) is 0 Å². The lowest BCUT2D eigenvalue weighted by molar-refractivity contribution is 0.0625. The maximum absolute atomic E-state index is 11.2. The van der Waals surface area contributed by atoms with Crippen molar-refractivity contribution in [3.05, 3.63) is 53.6 Å². The van der Waals surface area contributed by atoms with E-state index in [1.165, 1.54) is 19.1 Å². The van der Waals surface area contributed by atoms with E-state index in [1.54, 1.807) is 30.3 Å². The number of carbonyl (C=O) groups is 1. The summed E-state index contributed by atoms with van der Waals surface area (Å²) in [7, 11) is 0. The number of Topliss-reactive ketones (excluding diaryl/α,β-unsaturated/α-hetero) is 1. The predicted octanol–water partition coefficient (Wildman–Crippen LogP) is 2.29. The number of aromatic hydroxyl groups is 1. The van der Waals surface area contributed by atoms with Crippen LogP contribution in [0.5, 0.6) is 17.2 Å². The lowest BCUT2D eigenvalue weighted by atomic mass is 10.1. The van der Waals surface area contributed by atoms with Crippen LogP contribution < -0.4 is 9.47 Å². The maximum Gasteiger partial charge on any atom is 0.163 e. The normalized spacial score (nSPS) is 11.4. The first-order valence-electron chi connectivity index (χ1n) is 7.27. The van der Waals surface area contributed by atoms with Gasteiger partial charge in [-0.3, -0.25) is 4.79 Å². The number of ketones is 1. The Bertz CT molecular complexity index is 749. The van der Waals surface area contributed by atoms with Crippen molar-refractivity contribution in [1.82, 2.24) is 0 Å². The second-order valence-corrected chi connectivity index (χ2v) is 5.15. The number of aliphatic hydroxyl groups excluding tert-OH is 1. The number of carbonyl (C=O) groups excluding carboxylic acids is 1. The Morgan fingerprint density at radius 3 is 2.25 bits per heavy atom. The summed E-state index contributed by atoms with van der Waals surface area (Å²) in [5, 5.41) is 28.3.